The van der Waals surface area contributed by atoms with Gasteiger partial charge in [-0.15, -0.1) is 11.8 Å². The Kier molecular flexibility index (Phi) is 7.81. The van der Waals surface area contributed by atoms with Crippen LogP contribution in [-0.2, 0) is 10.5 Å². The Morgan fingerprint density at radius 2 is 1.96 bits per heavy atom. The van der Waals surface area contributed by atoms with E-state index >= 15 is 0 Å². The van der Waals surface area contributed by atoms with Gasteiger partial charge in [-0.25, -0.2) is 5.43 Å². The zero-order chi connectivity index (χ0) is 18.1. The second-order valence-electron chi connectivity index (χ2n) is 4.99. The van der Waals surface area contributed by atoms with E-state index in [1.165, 1.54) is 11.8 Å². The summed E-state index contributed by atoms with van der Waals surface area (Å²) in [6, 6.07) is 13.4. The van der Waals surface area contributed by atoms with Crippen molar-refractivity contribution < 1.29 is 14.3 Å². The van der Waals surface area contributed by atoms with Gasteiger partial charge in [-0.3, -0.25) is 4.79 Å². The lowest BCUT2D eigenvalue weighted by Crippen LogP contribution is -2.19. The highest BCUT2D eigenvalue weighted by Crippen LogP contribution is 2.26. The van der Waals surface area contributed by atoms with E-state index in [1.54, 1.807) is 32.6 Å². The molecule has 0 saturated carbocycles. The number of nitrogens with zero attached hydrogens (tertiary/aromatic N) is 1. The summed E-state index contributed by atoms with van der Waals surface area (Å²) in [7, 11) is 3.15. The fourth-order valence-electron chi connectivity index (χ4n) is 2.01. The van der Waals surface area contributed by atoms with Crippen LogP contribution >= 0.6 is 27.7 Å². The lowest BCUT2D eigenvalue weighted by atomic mass is 10.2. The standard InChI is InChI=1S/C18H19BrN2O3S/c1-23-16-8-7-13(9-17(16)24-2)10-20-21-18(22)12-25-11-14-5-3-4-6-15(14)19/h3-10H,11-12H2,1-2H3,(H,21,22)/b20-10+. The van der Waals surface area contributed by atoms with Gasteiger partial charge < -0.3 is 9.47 Å². The molecule has 2 aromatic rings. The molecule has 1 amide bonds. The summed E-state index contributed by atoms with van der Waals surface area (Å²) < 4.78 is 11.5. The van der Waals surface area contributed by atoms with Crippen molar-refractivity contribution in [3.05, 3.63) is 58.1 Å². The van der Waals surface area contributed by atoms with Gasteiger partial charge >= 0.3 is 0 Å². The van der Waals surface area contributed by atoms with Crippen molar-refractivity contribution in [1.82, 2.24) is 5.43 Å². The zero-order valence-corrected chi connectivity index (χ0v) is 16.4. The number of amides is 1. The Morgan fingerprint density at radius 1 is 1.20 bits per heavy atom. The summed E-state index contributed by atoms with van der Waals surface area (Å²) in [4.78, 5) is 11.8. The molecule has 7 heteroatoms. The largest absolute Gasteiger partial charge is 0.493 e. The Morgan fingerprint density at radius 3 is 2.68 bits per heavy atom. The summed E-state index contributed by atoms with van der Waals surface area (Å²) in [5, 5.41) is 3.97. The lowest BCUT2D eigenvalue weighted by Gasteiger charge is -2.07. The second kappa shape index (κ2) is 10.1. The van der Waals surface area contributed by atoms with Crippen LogP contribution in [0.1, 0.15) is 11.1 Å². The van der Waals surface area contributed by atoms with E-state index in [9.17, 15) is 4.79 Å². The van der Waals surface area contributed by atoms with Crippen LogP contribution in [0.25, 0.3) is 0 Å². The third kappa shape index (κ3) is 6.10. The van der Waals surface area contributed by atoms with Crippen molar-refractivity contribution in [3.8, 4) is 11.5 Å². The van der Waals surface area contributed by atoms with Gasteiger partial charge in [0.25, 0.3) is 0 Å². The van der Waals surface area contributed by atoms with Gasteiger partial charge in [0.2, 0.25) is 5.91 Å². The molecule has 2 aromatic carbocycles. The van der Waals surface area contributed by atoms with Gasteiger partial charge in [0, 0.05) is 10.2 Å². The van der Waals surface area contributed by atoms with Crippen LogP contribution in [0.5, 0.6) is 11.5 Å². The maximum absolute atomic E-state index is 11.8. The number of thioether (sulfide) groups is 1. The molecule has 132 valence electrons. The molecule has 0 radical (unpaired) electrons. The summed E-state index contributed by atoms with van der Waals surface area (Å²) in [6.07, 6.45) is 1.57. The number of carbonyl (C=O) groups excluding carboxylic acids is 1. The number of benzene rings is 2. The van der Waals surface area contributed by atoms with Crippen molar-refractivity contribution in [2.24, 2.45) is 5.10 Å². The Hall–Kier alpha value is -1.99. The number of rotatable bonds is 8. The highest BCUT2D eigenvalue weighted by molar-refractivity contribution is 9.10. The van der Waals surface area contributed by atoms with E-state index < -0.39 is 0 Å². The second-order valence-corrected chi connectivity index (χ2v) is 6.83. The topological polar surface area (TPSA) is 59.9 Å². The molecule has 0 aliphatic rings. The fourth-order valence-corrected chi connectivity index (χ4v) is 3.45. The molecular weight excluding hydrogens is 404 g/mol. The predicted octanol–water partition coefficient (Wildman–Crippen LogP) is 3.85. The van der Waals surface area contributed by atoms with Crippen LogP contribution < -0.4 is 14.9 Å². The minimum absolute atomic E-state index is 0.145. The summed E-state index contributed by atoms with van der Waals surface area (Å²) in [6.45, 7) is 0. The monoisotopic (exact) mass is 422 g/mol. The molecule has 0 bridgehead atoms. The van der Waals surface area contributed by atoms with E-state index in [-0.39, 0.29) is 5.91 Å². The average Bonchev–Trinajstić information content (AvgIpc) is 2.63. The SMILES string of the molecule is COc1ccc(/C=N/NC(=O)CSCc2ccccc2Br)cc1OC. The van der Waals surface area contributed by atoms with Crippen LogP contribution in [0.2, 0.25) is 0 Å². The first-order chi connectivity index (χ1) is 12.1. The number of hydrogen-bond acceptors (Lipinski definition) is 5. The molecule has 0 aromatic heterocycles. The third-order valence-corrected chi connectivity index (χ3v) is 5.01. The van der Waals surface area contributed by atoms with Gasteiger partial charge in [-0.05, 0) is 35.4 Å². The van der Waals surface area contributed by atoms with E-state index in [4.69, 9.17) is 9.47 Å². The number of hydrazone groups is 1. The van der Waals surface area contributed by atoms with E-state index in [2.05, 4.69) is 26.5 Å². The maximum atomic E-state index is 11.8. The molecule has 0 atom stereocenters. The smallest absolute Gasteiger partial charge is 0.250 e. The van der Waals surface area contributed by atoms with Gasteiger partial charge in [0.15, 0.2) is 11.5 Å². The molecule has 0 aliphatic carbocycles. The lowest BCUT2D eigenvalue weighted by molar-refractivity contribution is -0.118. The van der Waals surface area contributed by atoms with Crippen LogP contribution in [0.3, 0.4) is 0 Å². The van der Waals surface area contributed by atoms with Crippen LogP contribution in [0, 0.1) is 0 Å². The molecule has 0 fully saturated rings. The quantitative estimate of drug-likeness (QED) is 0.518. The molecule has 0 aliphatic heterocycles. The molecule has 0 unspecified atom stereocenters. The first-order valence-corrected chi connectivity index (χ1v) is 9.44. The van der Waals surface area contributed by atoms with Crippen molar-refractivity contribution in [1.29, 1.82) is 0 Å². The maximum Gasteiger partial charge on any atom is 0.250 e. The number of methoxy groups -OCH3 is 2. The van der Waals surface area contributed by atoms with Gasteiger partial charge in [-0.2, -0.15) is 5.10 Å². The molecule has 5 nitrogen and oxygen atoms in total. The highest BCUT2D eigenvalue weighted by Gasteiger charge is 2.04. The van der Waals surface area contributed by atoms with E-state index in [0.29, 0.717) is 17.3 Å². The Balaban J connectivity index is 1.79. The van der Waals surface area contributed by atoms with Crippen molar-refractivity contribution in [2.45, 2.75) is 5.75 Å². The van der Waals surface area contributed by atoms with Gasteiger partial charge in [-0.1, -0.05) is 34.1 Å². The van der Waals surface area contributed by atoms with Gasteiger partial charge in [0.05, 0.1) is 26.2 Å². The summed E-state index contributed by atoms with van der Waals surface area (Å²) >= 11 is 5.03. The minimum Gasteiger partial charge on any atom is -0.493 e. The fraction of sp³-hybridized carbons (Fsp3) is 0.222. The zero-order valence-electron chi connectivity index (χ0n) is 14.0. The number of nitrogens with one attached hydrogen (secondary N) is 1. The number of hydrogen-bond donors (Lipinski definition) is 1. The predicted molar refractivity (Wildman–Crippen MR) is 106 cm³/mol. The Bertz CT molecular complexity index is 753. The van der Waals surface area contributed by atoms with Crippen LogP contribution in [0.4, 0.5) is 0 Å². The summed E-state index contributed by atoms with van der Waals surface area (Å²) in [5.41, 5.74) is 4.49. The normalized spacial score (nSPS) is 10.7. The molecule has 1 N–H and O–H groups in total. The van der Waals surface area contributed by atoms with Crippen molar-refractivity contribution >= 4 is 39.8 Å². The first-order valence-electron chi connectivity index (χ1n) is 7.49. The van der Waals surface area contributed by atoms with Gasteiger partial charge in [0.1, 0.15) is 0 Å². The highest BCUT2D eigenvalue weighted by atomic mass is 79.9. The van der Waals surface area contributed by atoms with E-state index in [1.807, 2.05) is 30.3 Å². The van der Waals surface area contributed by atoms with Crippen LogP contribution in [-0.4, -0.2) is 32.1 Å². The molecule has 0 saturated heterocycles. The minimum atomic E-state index is -0.145. The first kappa shape index (κ1) is 19.3. The number of ether oxygens (including phenoxy) is 2. The molecule has 0 spiro atoms. The van der Waals surface area contributed by atoms with E-state index in [0.717, 1.165) is 21.4 Å². The molecule has 0 heterocycles. The average molecular weight is 423 g/mol. The summed E-state index contributed by atoms with van der Waals surface area (Å²) in [5.74, 6) is 2.21. The molecule has 2 rings (SSSR count). The molecular formula is C18H19BrN2O3S. The molecule has 25 heavy (non-hydrogen) atoms. The Labute approximate surface area is 159 Å². The third-order valence-electron chi connectivity index (χ3n) is 3.26. The van der Waals surface area contributed by atoms with Crippen molar-refractivity contribution in [2.75, 3.05) is 20.0 Å². The van der Waals surface area contributed by atoms with Crippen LogP contribution in [0.15, 0.2) is 52.0 Å². The number of carbonyl (C=O) groups is 1. The van der Waals surface area contributed by atoms with Crippen molar-refractivity contribution in [3.63, 3.8) is 0 Å². The number of halogens is 1.